The normalized spacial score (nSPS) is 20.9. The number of fused-ring (bicyclic) bond motifs is 3. The lowest BCUT2D eigenvalue weighted by molar-refractivity contribution is 0.00578. The van der Waals surface area contributed by atoms with E-state index in [1.54, 1.807) is 0 Å². The van der Waals surface area contributed by atoms with Crippen LogP contribution < -0.4 is 10.9 Å². The van der Waals surface area contributed by atoms with Crippen molar-refractivity contribution in [3.8, 4) is 11.1 Å². The lowest BCUT2D eigenvalue weighted by atomic mass is 9.67. The monoisotopic (exact) mass is 659 g/mol. The summed E-state index contributed by atoms with van der Waals surface area (Å²) >= 11 is 0. The zero-order valence-electron chi connectivity index (χ0n) is 31.7. The van der Waals surface area contributed by atoms with Gasteiger partial charge in [-0.05, 0) is 101 Å². The number of benzene rings is 2. The number of unbranched alkanes of at least 4 members (excludes halogenated alkanes) is 10. The Morgan fingerprint density at radius 1 is 0.458 bits per heavy atom. The SMILES string of the molecule is C.CCCCCCCCC1(CCCCCCCC)c2cc(B3OC(C)(C)C(C)(C)O3)ccc2-c2ccc(B3OC(C)(C)C(C)(C)O3)cc21. The molecule has 48 heavy (non-hydrogen) atoms. The molecule has 0 bridgehead atoms. The van der Waals surface area contributed by atoms with Gasteiger partial charge in [0.25, 0.3) is 0 Å². The zero-order chi connectivity index (χ0) is 34.1. The van der Waals surface area contributed by atoms with E-state index >= 15 is 0 Å². The minimum Gasteiger partial charge on any atom is -0.399 e. The van der Waals surface area contributed by atoms with Gasteiger partial charge in [0, 0.05) is 5.41 Å². The molecule has 0 N–H and O–H groups in total. The molecule has 266 valence electrons. The molecule has 0 amide bonds. The lowest BCUT2D eigenvalue weighted by Gasteiger charge is -2.33. The fourth-order valence-corrected chi connectivity index (χ4v) is 7.86. The molecule has 0 radical (unpaired) electrons. The fourth-order valence-electron chi connectivity index (χ4n) is 7.86. The summed E-state index contributed by atoms with van der Waals surface area (Å²) in [4.78, 5) is 0. The predicted molar refractivity (Wildman–Crippen MR) is 207 cm³/mol. The Hall–Kier alpha value is -1.59. The third-order valence-corrected chi connectivity index (χ3v) is 12.4. The topological polar surface area (TPSA) is 36.9 Å². The van der Waals surface area contributed by atoms with E-state index in [-0.39, 0.29) is 49.5 Å². The quantitative estimate of drug-likeness (QED) is 0.133. The average Bonchev–Trinajstić information content (AvgIpc) is 3.50. The van der Waals surface area contributed by atoms with Crippen LogP contribution in [-0.2, 0) is 24.0 Å². The van der Waals surface area contributed by atoms with E-state index in [0.717, 1.165) is 23.8 Å². The van der Waals surface area contributed by atoms with E-state index in [1.165, 1.54) is 99.3 Å². The lowest BCUT2D eigenvalue weighted by Crippen LogP contribution is -2.41. The van der Waals surface area contributed by atoms with Gasteiger partial charge in [-0.3, -0.25) is 0 Å². The number of hydrogen-bond donors (Lipinski definition) is 0. The molecule has 0 saturated carbocycles. The van der Waals surface area contributed by atoms with E-state index in [0.29, 0.717) is 0 Å². The third-order valence-electron chi connectivity index (χ3n) is 12.4. The first-order chi connectivity index (χ1) is 22.2. The summed E-state index contributed by atoms with van der Waals surface area (Å²) in [5, 5.41) is 0. The van der Waals surface area contributed by atoms with Crippen LogP contribution in [0.25, 0.3) is 11.1 Å². The second-order valence-electron chi connectivity index (χ2n) is 16.9. The van der Waals surface area contributed by atoms with Crippen molar-refractivity contribution >= 4 is 25.2 Å². The maximum atomic E-state index is 6.60. The van der Waals surface area contributed by atoms with Gasteiger partial charge in [-0.15, -0.1) is 0 Å². The third kappa shape index (κ3) is 7.68. The Morgan fingerprint density at radius 3 is 1.10 bits per heavy atom. The van der Waals surface area contributed by atoms with Crippen molar-refractivity contribution in [1.82, 2.24) is 0 Å². The Labute approximate surface area is 296 Å². The molecular formula is C42H68B2O4. The minimum atomic E-state index is -0.370. The molecule has 0 atom stereocenters. The Kier molecular flexibility index (Phi) is 12.5. The van der Waals surface area contributed by atoms with Crippen LogP contribution in [0, 0.1) is 0 Å². The molecule has 2 saturated heterocycles. The summed E-state index contributed by atoms with van der Waals surface area (Å²) in [6.45, 7) is 21.8. The molecule has 6 heteroatoms. The highest BCUT2D eigenvalue weighted by atomic mass is 16.7. The van der Waals surface area contributed by atoms with Gasteiger partial charge in [-0.2, -0.15) is 0 Å². The maximum Gasteiger partial charge on any atom is 0.494 e. The van der Waals surface area contributed by atoms with Crippen LogP contribution in [0.5, 0.6) is 0 Å². The highest BCUT2D eigenvalue weighted by Crippen LogP contribution is 2.54. The van der Waals surface area contributed by atoms with Gasteiger partial charge in [0.05, 0.1) is 22.4 Å². The first-order valence-electron chi connectivity index (χ1n) is 19.2. The molecule has 2 aromatic rings. The van der Waals surface area contributed by atoms with E-state index in [1.807, 2.05) is 0 Å². The van der Waals surface area contributed by atoms with Gasteiger partial charge in [0.15, 0.2) is 0 Å². The number of hydrogen-bond acceptors (Lipinski definition) is 4. The van der Waals surface area contributed by atoms with Gasteiger partial charge in [0.2, 0.25) is 0 Å². The van der Waals surface area contributed by atoms with Crippen molar-refractivity contribution < 1.29 is 18.6 Å². The summed E-state index contributed by atoms with van der Waals surface area (Å²) in [5.74, 6) is 0. The van der Waals surface area contributed by atoms with Crippen LogP contribution in [0.4, 0.5) is 0 Å². The molecule has 4 nitrogen and oxygen atoms in total. The standard InChI is InChI=1S/C41H64B2O4.CH4/c1-11-13-15-17-19-21-27-41(28-22-20-18-16-14-12-2)35-29-31(42-44-37(3,4)38(5,6)45-42)23-25-33(35)34-26-24-32(30-36(34)41)43-46-39(7,8)40(9,10)47-43;/h23-26,29-30H,11-22,27-28H2,1-10H3;1H4. The molecule has 1 aliphatic carbocycles. The summed E-state index contributed by atoms with van der Waals surface area (Å²) in [6, 6.07) is 14.1. The molecule has 2 aromatic carbocycles. The maximum absolute atomic E-state index is 6.60. The van der Waals surface area contributed by atoms with Crippen molar-refractivity contribution in [2.75, 3.05) is 0 Å². The fraction of sp³-hybridized carbons (Fsp3) is 0.714. The molecule has 2 aliphatic heterocycles. The van der Waals surface area contributed by atoms with Crippen molar-refractivity contribution in [3.05, 3.63) is 47.5 Å². The van der Waals surface area contributed by atoms with Crippen LogP contribution >= 0.6 is 0 Å². The van der Waals surface area contributed by atoms with E-state index in [4.69, 9.17) is 18.6 Å². The second-order valence-corrected chi connectivity index (χ2v) is 16.9. The molecule has 2 heterocycles. The van der Waals surface area contributed by atoms with Crippen LogP contribution in [0.3, 0.4) is 0 Å². The molecule has 0 unspecified atom stereocenters. The molecule has 3 aliphatic rings. The minimum absolute atomic E-state index is 0. The Balaban J connectivity index is 0.00000520. The Bertz CT molecular complexity index is 1230. The molecular weight excluding hydrogens is 590 g/mol. The van der Waals surface area contributed by atoms with Gasteiger partial charge in [0.1, 0.15) is 0 Å². The van der Waals surface area contributed by atoms with Gasteiger partial charge in [-0.25, -0.2) is 0 Å². The van der Waals surface area contributed by atoms with Crippen LogP contribution in [0.2, 0.25) is 0 Å². The molecule has 5 rings (SSSR count). The van der Waals surface area contributed by atoms with Crippen molar-refractivity contribution in [2.45, 2.75) is 194 Å². The van der Waals surface area contributed by atoms with E-state index < -0.39 is 0 Å². The first-order valence-corrected chi connectivity index (χ1v) is 19.2. The zero-order valence-corrected chi connectivity index (χ0v) is 31.7. The molecule has 0 aromatic heterocycles. The van der Waals surface area contributed by atoms with E-state index in [9.17, 15) is 0 Å². The second kappa shape index (κ2) is 15.3. The van der Waals surface area contributed by atoms with Crippen LogP contribution in [0.15, 0.2) is 36.4 Å². The molecule has 0 spiro atoms. The Morgan fingerprint density at radius 2 is 0.771 bits per heavy atom. The predicted octanol–water partition coefficient (Wildman–Crippen LogP) is 10.7. The van der Waals surface area contributed by atoms with E-state index in [2.05, 4.69) is 106 Å². The number of rotatable bonds is 16. The highest BCUT2D eigenvalue weighted by molar-refractivity contribution is 6.62. The first kappa shape index (κ1) is 39.2. The average molecular weight is 659 g/mol. The van der Waals surface area contributed by atoms with Crippen LogP contribution in [-0.4, -0.2) is 36.6 Å². The van der Waals surface area contributed by atoms with Gasteiger partial charge < -0.3 is 18.6 Å². The smallest absolute Gasteiger partial charge is 0.399 e. The largest absolute Gasteiger partial charge is 0.494 e. The highest BCUT2D eigenvalue weighted by Gasteiger charge is 2.54. The van der Waals surface area contributed by atoms with Crippen molar-refractivity contribution in [2.24, 2.45) is 0 Å². The summed E-state index contributed by atoms with van der Waals surface area (Å²) < 4.78 is 26.4. The van der Waals surface area contributed by atoms with Crippen LogP contribution in [0.1, 0.15) is 178 Å². The molecule has 2 fully saturated rings. The van der Waals surface area contributed by atoms with Crippen molar-refractivity contribution in [3.63, 3.8) is 0 Å². The van der Waals surface area contributed by atoms with Gasteiger partial charge in [-0.1, -0.05) is 135 Å². The van der Waals surface area contributed by atoms with Crippen molar-refractivity contribution in [1.29, 1.82) is 0 Å². The summed E-state index contributed by atoms with van der Waals surface area (Å²) in [6.07, 6.45) is 17.9. The summed E-state index contributed by atoms with van der Waals surface area (Å²) in [7, 11) is -0.731. The summed E-state index contributed by atoms with van der Waals surface area (Å²) in [5.41, 5.74) is 6.41. The van der Waals surface area contributed by atoms with Gasteiger partial charge >= 0.3 is 14.2 Å².